The van der Waals surface area contributed by atoms with Gasteiger partial charge in [-0.25, -0.2) is 4.39 Å². The SMILES string of the molecule is CC1C[C@H](C(=O)Nc2ccc(F)cc2Br)[C@H](C(=O)O)C1. The van der Waals surface area contributed by atoms with Crippen LogP contribution in [-0.2, 0) is 9.59 Å². The van der Waals surface area contributed by atoms with Gasteiger partial charge in [0.05, 0.1) is 17.5 Å². The summed E-state index contributed by atoms with van der Waals surface area (Å²) in [4.78, 5) is 23.4. The molecule has 108 valence electrons. The number of carbonyl (C=O) groups excluding carboxylic acids is 1. The standard InChI is InChI=1S/C14H15BrFNO3/c1-7-4-9(10(5-7)14(19)20)13(18)17-12-3-2-8(16)6-11(12)15/h2-3,6-7,9-10H,4-5H2,1H3,(H,17,18)(H,19,20)/t7?,9-,10+/m0/s1. The number of amides is 1. The first-order valence-electron chi connectivity index (χ1n) is 6.37. The van der Waals surface area contributed by atoms with Gasteiger partial charge in [-0.05, 0) is 52.9 Å². The van der Waals surface area contributed by atoms with Crippen LogP contribution in [0.5, 0.6) is 0 Å². The maximum absolute atomic E-state index is 13.0. The second-order valence-electron chi connectivity index (χ2n) is 5.24. The Balaban J connectivity index is 2.13. The van der Waals surface area contributed by atoms with E-state index in [4.69, 9.17) is 5.11 Å². The fourth-order valence-corrected chi connectivity index (χ4v) is 3.12. The summed E-state index contributed by atoms with van der Waals surface area (Å²) < 4.78 is 13.4. The fraction of sp³-hybridized carbons (Fsp3) is 0.429. The van der Waals surface area contributed by atoms with Crippen LogP contribution in [0.25, 0.3) is 0 Å². The molecule has 0 bridgehead atoms. The van der Waals surface area contributed by atoms with Gasteiger partial charge in [-0.3, -0.25) is 9.59 Å². The lowest BCUT2D eigenvalue weighted by Crippen LogP contribution is -2.30. The van der Waals surface area contributed by atoms with Crippen molar-refractivity contribution >= 4 is 33.5 Å². The maximum Gasteiger partial charge on any atom is 0.307 e. The van der Waals surface area contributed by atoms with Crippen molar-refractivity contribution in [3.8, 4) is 0 Å². The molecule has 1 aromatic carbocycles. The molecule has 0 saturated heterocycles. The minimum absolute atomic E-state index is 0.212. The molecule has 3 atom stereocenters. The van der Waals surface area contributed by atoms with Crippen LogP contribution in [0.3, 0.4) is 0 Å². The number of halogens is 2. The number of rotatable bonds is 3. The van der Waals surface area contributed by atoms with Gasteiger partial charge in [0.1, 0.15) is 5.82 Å². The zero-order chi connectivity index (χ0) is 14.9. The van der Waals surface area contributed by atoms with Crippen LogP contribution in [0.15, 0.2) is 22.7 Å². The minimum atomic E-state index is -0.937. The summed E-state index contributed by atoms with van der Waals surface area (Å²) in [5.74, 6) is -2.65. The Morgan fingerprint density at radius 2 is 2.00 bits per heavy atom. The summed E-state index contributed by atoms with van der Waals surface area (Å²) >= 11 is 3.17. The van der Waals surface area contributed by atoms with E-state index in [-0.39, 0.29) is 11.8 Å². The van der Waals surface area contributed by atoms with E-state index in [0.29, 0.717) is 23.0 Å². The molecular formula is C14H15BrFNO3. The molecule has 0 aliphatic heterocycles. The highest BCUT2D eigenvalue weighted by Crippen LogP contribution is 2.37. The topological polar surface area (TPSA) is 66.4 Å². The lowest BCUT2D eigenvalue weighted by molar-refractivity contribution is -0.145. The second kappa shape index (κ2) is 5.91. The molecule has 0 heterocycles. The normalized spacial score (nSPS) is 25.4. The second-order valence-corrected chi connectivity index (χ2v) is 6.10. The maximum atomic E-state index is 13.0. The van der Waals surface area contributed by atoms with Crippen molar-refractivity contribution < 1.29 is 19.1 Å². The molecule has 0 radical (unpaired) electrons. The Bertz CT molecular complexity index is 549. The van der Waals surface area contributed by atoms with Gasteiger partial charge in [0, 0.05) is 4.47 Å². The van der Waals surface area contributed by atoms with Crippen molar-refractivity contribution in [2.45, 2.75) is 19.8 Å². The van der Waals surface area contributed by atoms with Gasteiger partial charge in [-0.1, -0.05) is 6.92 Å². The Morgan fingerprint density at radius 3 is 2.60 bits per heavy atom. The number of anilines is 1. The molecule has 1 amide bonds. The monoisotopic (exact) mass is 343 g/mol. The van der Waals surface area contributed by atoms with Gasteiger partial charge < -0.3 is 10.4 Å². The van der Waals surface area contributed by atoms with E-state index in [0.717, 1.165) is 0 Å². The number of carboxylic acid groups (broad SMARTS) is 1. The van der Waals surface area contributed by atoms with Crippen LogP contribution < -0.4 is 5.32 Å². The zero-order valence-electron chi connectivity index (χ0n) is 10.9. The van der Waals surface area contributed by atoms with Crippen LogP contribution in [0, 0.1) is 23.6 Å². The van der Waals surface area contributed by atoms with E-state index in [1.165, 1.54) is 18.2 Å². The Hall–Kier alpha value is -1.43. The minimum Gasteiger partial charge on any atom is -0.481 e. The number of hydrogen-bond donors (Lipinski definition) is 2. The van der Waals surface area contributed by atoms with E-state index in [9.17, 15) is 14.0 Å². The van der Waals surface area contributed by atoms with Crippen molar-refractivity contribution in [1.29, 1.82) is 0 Å². The molecule has 0 aromatic heterocycles. The number of carboxylic acids is 1. The van der Waals surface area contributed by atoms with Crippen LogP contribution in [0.1, 0.15) is 19.8 Å². The average Bonchev–Trinajstić information content (AvgIpc) is 2.75. The summed E-state index contributed by atoms with van der Waals surface area (Å²) in [5, 5.41) is 11.8. The molecular weight excluding hydrogens is 329 g/mol. The third-order valence-corrected chi connectivity index (χ3v) is 4.30. The van der Waals surface area contributed by atoms with E-state index in [1.807, 2.05) is 6.92 Å². The first-order chi connectivity index (χ1) is 9.38. The Kier molecular flexibility index (Phi) is 4.42. The quantitative estimate of drug-likeness (QED) is 0.884. The highest BCUT2D eigenvalue weighted by molar-refractivity contribution is 9.10. The first kappa shape index (κ1) is 15.0. The van der Waals surface area contributed by atoms with E-state index in [2.05, 4.69) is 21.2 Å². The predicted octanol–water partition coefficient (Wildman–Crippen LogP) is 3.27. The molecule has 1 aliphatic rings. The Labute approximate surface area is 124 Å². The van der Waals surface area contributed by atoms with Gasteiger partial charge in [0.25, 0.3) is 0 Å². The first-order valence-corrected chi connectivity index (χ1v) is 7.16. The van der Waals surface area contributed by atoms with Gasteiger partial charge in [-0.2, -0.15) is 0 Å². The van der Waals surface area contributed by atoms with Crippen molar-refractivity contribution in [3.05, 3.63) is 28.5 Å². The predicted molar refractivity (Wildman–Crippen MR) is 75.7 cm³/mol. The fourth-order valence-electron chi connectivity index (χ4n) is 2.67. The molecule has 2 N–H and O–H groups in total. The van der Waals surface area contributed by atoms with Gasteiger partial charge >= 0.3 is 5.97 Å². The lowest BCUT2D eigenvalue weighted by atomic mass is 9.95. The summed E-state index contributed by atoms with van der Waals surface area (Å²) in [7, 11) is 0. The zero-order valence-corrected chi connectivity index (χ0v) is 12.5. The smallest absolute Gasteiger partial charge is 0.307 e. The molecule has 1 fully saturated rings. The largest absolute Gasteiger partial charge is 0.481 e. The van der Waals surface area contributed by atoms with E-state index >= 15 is 0 Å². The molecule has 1 saturated carbocycles. The van der Waals surface area contributed by atoms with Crippen LogP contribution in [0.2, 0.25) is 0 Å². The molecule has 1 aromatic rings. The van der Waals surface area contributed by atoms with Gasteiger partial charge in [-0.15, -0.1) is 0 Å². The summed E-state index contributed by atoms with van der Waals surface area (Å²) in [6.07, 6.45) is 1.07. The van der Waals surface area contributed by atoms with E-state index < -0.39 is 23.6 Å². The van der Waals surface area contributed by atoms with Crippen LogP contribution >= 0.6 is 15.9 Å². The molecule has 0 spiro atoms. The number of aliphatic carboxylic acids is 1. The third-order valence-electron chi connectivity index (χ3n) is 3.64. The molecule has 20 heavy (non-hydrogen) atoms. The third kappa shape index (κ3) is 3.17. The van der Waals surface area contributed by atoms with Gasteiger partial charge in [0.15, 0.2) is 0 Å². The van der Waals surface area contributed by atoms with Gasteiger partial charge in [0.2, 0.25) is 5.91 Å². The van der Waals surface area contributed by atoms with Crippen LogP contribution in [0.4, 0.5) is 10.1 Å². The molecule has 1 aliphatic carbocycles. The van der Waals surface area contributed by atoms with Crippen molar-refractivity contribution in [3.63, 3.8) is 0 Å². The van der Waals surface area contributed by atoms with Crippen molar-refractivity contribution in [2.24, 2.45) is 17.8 Å². The van der Waals surface area contributed by atoms with Crippen LogP contribution in [-0.4, -0.2) is 17.0 Å². The molecule has 6 heteroatoms. The molecule has 4 nitrogen and oxygen atoms in total. The highest BCUT2D eigenvalue weighted by atomic mass is 79.9. The van der Waals surface area contributed by atoms with E-state index in [1.54, 1.807) is 0 Å². The molecule has 1 unspecified atom stereocenters. The number of nitrogens with one attached hydrogen (secondary N) is 1. The average molecular weight is 344 g/mol. The summed E-state index contributed by atoms with van der Waals surface area (Å²) in [6.45, 7) is 1.94. The summed E-state index contributed by atoms with van der Waals surface area (Å²) in [6, 6.07) is 3.94. The highest BCUT2D eigenvalue weighted by Gasteiger charge is 2.41. The van der Waals surface area contributed by atoms with Crippen molar-refractivity contribution in [2.75, 3.05) is 5.32 Å². The lowest BCUT2D eigenvalue weighted by Gasteiger charge is -2.16. The number of carbonyl (C=O) groups is 2. The number of hydrogen-bond acceptors (Lipinski definition) is 2. The number of benzene rings is 1. The van der Waals surface area contributed by atoms with Crippen molar-refractivity contribution in [1.82, 2.24) is 0 Å². The molecule has 2 rings (SSSR count). The summed E-state index contributed by atoms with van der Waals surface area (Å²) in [5.41, 5.74) is 0.445. The Morgan fingerprint density at radius 1 is 1.35 bits per heavy atom.